The van der Waals surface area contributed by atoms with Crippen LogP contribution in [0.3, 0.4) is 0 Å². The molecular formula is C18H14N2O3S2. The predicted octanol–water partition coefficient (Wildman–Crippen LogP) is 3.73. The number of hydrogen-bond acceptors (Lipinski definition) is 6. The Kier molecular flexibility index (Phi) is 4.19. The van der Waals surface area contributed by atoms with E-state index < -0.39 is 5.25 Å². The summed E-state index contributed by atoms with van der Waals surface area (Å²) in [4.78, 5) is 30.9. The second-order valence-electron chi connectivity index (χ2n) is 5.53. The lowest BCUT2D eigenvalue weighted by Crippen LogP contribution is -2.31. The van der Waals surface area contributed by atoms with Crippen molar-refractivity contribution in [2.45, 2.75) is 16.0 Å². The summed E-state index contributed by atoms with van der Waals surface area (Å²) in [6, 6.07) is 14.8. The molecule has 1 aromatic heterocycles. The first-order chi connectivity index (χ1) is 12.2. The fourth-order valence-corrected chi connectivity index (χ4v) is 5.07. The van der Waals surface area contributed by atoms with Crippen molar-refractivity contribution in [3.8, 4) is 5.75 Å². The van der Waals surface area contributed by atoms with Gasteiger partial charge in [0.25, 0.3) is 0 Å². The maximum absolute atomic E-state index is 12.8. The normalized spacial score (nSPS) is 17.5. The summed E-state index contributed by atoms with van der Waals surface area (Å²) in [5.74, 6) is 0.208. The van der Waals surface area contributed by atoms with Crippen LogP contribution in [0.2, 0.25) is 0 Å². The molecule has 1 aliphatic rings. The number of imide groups is 1. The van der Waals surface area contributed by atoms with E-state index >= 15 is 0 Å². The zero-order chi connectivity index (χ0) is 17.4. The number of benzene rings is 2. The van der Waals surface area contributed by atoms with Gasteiger partial charge in [-0.05, 0) is 24.3 Å². The van der Waals surface area contributed by atoms with Crippen LogP contribution in [0.15, 0.2) is 52.9 Å². The third-order valence-corrected chi connectivity index (χ3v) is 6.25. The van der Waals surface area contributed by atoms with Gasteiger partial charge >= 0.3 is 0 Å². The Labute approximate surface area is 152 Å². The molecule has 0 saturated carbocycles. The Hall–Kier alpha value is -2.38. The molecule has 0 bridgehead atoms. The summed E-state index contributed by atoms with van der Waals surface area (Å²) in [5, 5.41) is -0.445. The number of carbonyl (C=O) groups is 2. The second-order valence-corrected chi connectivity index (χ2v) is 8.01. The molecule has 1 saturated heterocycles. The average molecular weight is 370 g/mol. The molecule has 5 nitrogen and oxygen atoms in total. The molecule has 7 heteroatoms. The molecular weight excluding hydrogens is 356 g/mol. The minimum absolute atomic E-state index is 0.177. The first kappa shape index (κ1) is 16.1. The van der Waals surface area contributed by atoms with Gasteiger partial charge in [0.15, 0.2) is 4.34 Å². The van der Waals surface area contributed by atoms with Gasteiger partial charge in [-0.1, -0.05) is 30.0 Å². The topological polar surface area (TPSA) is 59.5 Å². The molecule has 2 aromatic carbocycles. The van der Waals surface area contributed by atoms with Crippen molar-refractivity contribution < 1.29 is 14.3 Å². The summed E-state index contributed by atoms with van der Waals surface area (Å²) in [6.45, 7) is 0. The van der Waals surface area contributed by atoms with Crippen molar-refractivity contribution in [3.63, 3.8) is 0 Å². The number of hydrogen-bond donors (Lipinski definition) is 0. The number of nitrogens with zero attached hydrogens (tertiary/aromatic N) is 2. The van der Waals surface area contributed by atoms with Crippen LogP contribution in [-0.4, -0.2) is 29.2 Å². The summed E-state index contributed by atoms with van der Waals surface area (Å²) < 4.78 is 7.06. The predicted molar refractivity (Wildman–Crippen MR) is 99.4 cm³/mol. The van der Waals surface area contributed by atoms with Gasteiger partial charge in [-0.15, -0.1) is 11.3 Å². The van der Waals surface area contributed by atoms with E-state index in [1.165, 1.54) is 16.7 Å². The molecule has 1 aliphatic heterocycles. The van der Waals surface area contributed by atoms with Crippen LogP contribution in [0.1, 0.15) is 6.42 Å². The highest BCUT2D eigenvalue weighted by atomic mass is 32.2. The standard InChI is InChI=1S/C18H14N2O3S2/c1-23-12-6-4-5-11(9-12)20-16(21)10-15(17(20)22)25-18-19-13-7-2-3-8-14(13)24-18/h2-9,15H,10H2,1H3/t15-/m0/s1. The molecule has 0 radical (unpaired) electrons. The number of aromatic nitrogens is 1. The maximum Gasteiger partial charge on any atom is 0.247 e. The van der Waals surface area contributed by atoms with Crippen LogP contribution in [0.5, 0.6) is 5.75 Å². The van der Waals surface area contributed by atoms with Gasteiger partial charge in [-0.2, -0.15) is 0 Å². The van der Waals surface area contributed by atoms with Crippen molar-refractivity contribution in [2.24, 2.45) is 0 Å². The van der Waals surface area contributed by atoms with Crippen molar-refractivity contribution in [3.05, 3.63) is 48.5 Å². The Morgan fingerprint density at radius 1 is 1.20 bits per heavy atom. The number of thioether (sulfide) groups is 1. The minimum Gasteiger partial charge on any atom is -0.497 e. The average Bonchev–Trinajstić information content (AvgIpc) is 3.15. The van der Waals surface area contributed by atoms with E-state index in [2.05, 4.69) is 4.98 Å². The third kappa shape index (κ3) is 3.01. The third-order valence-electron chi connectivity index (χ3n) is 3.93. The largest absolute Gasteiger partial charge is 0.497 e. The van der Waals surface area contributed by atoms with Gasteiger partial charge in [-0.25, -0.2) is 9.88 Å². The first-order valence-electron chi connectivity index (χ1n) is 7.69. The highest BCUT2D eigenvalue weighted by Gasteiger charge is 2.40. The van der Waals surface area contributed by atoms with Crippen LogP contribution < -0.4 is 9.64 Å². The number of fused-ring (bicyclic) bond motifs is 1. The monoisotopic (exact) mass is 370 g/mol. The molecule has 0 unspecified atom stereocenters. The molecule has 2 heterocycles. The first-order valence-corrected chi connectivity index (χ1v) is 9.38. The van der Waals surface area contributed by atoms with Gasteiger partial charge in [-0.3, -0.25) is 9.59 Å². The zero-order valence-corrected chi connectivity index (χ0v) is 15.0. The van der Waals surface area contributed by atoms with Crippen LogP contribution >= 0.6 is 23.1 Å². The smallest absolute Gasteiger partial charge is 0.247 e. The van der Waals surface area contributed by atoms with Crippen LogP contribution in [-0.2, 0) is 9.59 Å². The molecule has 0 aliphatic carbocycles. The number of ether oxygens (including phenoxy) is 1. The Balaban J connectivity index is 1.58. The van der Waals surface area contributed by atoms with Gasteiger partial charge in [0.2, 0.25) is 11.8 Å². The van der Waals surface area contributed by atoms with E-state index in [0.29, 0.717) is 11.4 Å². The summed E-state index contributed by atoms with van der Waals surface area (Å²) in [7, 11) is 1.55. The molecule has 2 amide bonds. The van der Waals surface area contributed by atoms with E-state index in [4.69, 9.17) is 4.74 Å². The van der Waals surface area contributed by atoms with E-state index in [1.54, 1.807) is 42.7 Å². The van der Waals surface area contributed by atoms with Crippen LogP contribution in [0, 0.1) is 0 Å². The summed E-state index contributed by atoms with van der Waals surface area (Å²) in [5.41, 5.74) is 1.46. The molecule has 0 spiro atoms. The molecule has 1 atom stereocenters. The number of anilines is 1. The van der Waals surface area contributed by atoms with Crippen molar-refractivity contribution in [1.29, 1.82) is 0 Å². The Morgan fingerprint density at radius 2 is 2.04 bits per heavy atom. The number of thiazole rings is 1. The molecule has 25 heavy (non-hydrogen) atoms. The molecule has 1 fully saturated rings. The second kappa shape index (κ2) is 6.50. The molecule has 3 aromatic rings. The number of rotatable bonds is 4. The summed E-state index contributed by atoms with van der Waals surface area (Å²) in [6.07, 6.45) is 0.177. The van der Waals surface area contributed by atoms with Crippen molar-refractivity contribution in [1.82, 2.24) is 4.98 Å². The van der Waals surface area contributed by atoms with Gasteiger partial charge in [0.1, 0.15) is 11.0 Å². The summed E-state index contributed by atoms with van der Waals surface area (Å²) >= 11 is 2.90. The SMILES string of the molecule is COc1cccc(N2C(=O)C[C@H](Sc3nc4ccccc4s3)C2=O)c1. The van der Waals surface area contributed by atoms with E-state index in [0.717, 1.165) is 14.6 Å². The van der Waals surface area contributed by atoms with Crippen molar-refractivity contribution >= 4 is 50.8 Å². The Bertz CT molecular complexity index is 937. The lowest BCUT2D eigenvalue weighted by Gasteiger charge is -2.15. The van der Waals surface area contributed by atoms with E-state index in [9.17, 15) is 9.59 Å². The molecule has 0 N–H and O–H groups in total. The van der Waals surface area contributed by atoms with Gasteiger partial charge < -0.3 is 4.74 Å². The van der Waals surface area contributed by atoms with E-state index in [-0.39, 0.29) is 18.2 Å². The lowest BCUT2D eigenvalue weighted by atomic mass is 10.3. The lowest BCUT2D eigenvalue weighted by molar-refractivity contribution is -0.121. The fraction of sp³-hybridized carbons (Fsp3) is 0.167. The van der Waals surface area contributed by atoms with Gasteiger partial charge in [0.05, 0.1) is 23.0 Å². The van der Waals surface area contributed by atoms with Crippen molar-refractivity contribution in [2.75, 3.05) is 12.0 Å². The Morgan fingerprint density at radius 3 is 2.84 bits per heavy atom. The number of amides is 2. The number of para-hydroxylation sites is 1. The fourth-order valence-electron chi connectivity index (χ4n) is 2.74. The number of carbonyl (C=O) groups excluding carboxylic acids is 2. The highest BCUT2D eigenvalue weighted by Crippen LogP contribution is 2.37. The minimum atomic E-state index is -0.445. The van der Waals surface area contributed by atoms with Crippen LogP contribution in [0.4, 0.5) is 5.69 Å². The quantitative estimate of drug-likeness (QED) is 0.655. The highest BCUT2D eigenvalue weighted by molar-refractivity contribution is 8.02. The zero-order valence-electron chi connectivity index (χ0n) is 13.3. The molecule has 4 rings (SSSR count). The van der Waals surface area contributed by atoms with Gasteiger partial charge in [0, 0.05) is 12.5 Å². The number of methoxy groups -OCH3 is 1. The maximum atomic E-state index is 12.8. The van der Waals surface area contributed by atoms with Crippen LogP contribution in [0.25, 0.3) is 10.2 Å². The molecule has 126 valence electrons. The van der Waals surface area contributed by atoms with E-state index in [1.807, 2.05) is 24.3 Å².